The molecule has 0 heterocycles. The second kappa shape index (κ2) is 4.82. The van der Waals surface area contributed by atoms with E-state index in [1.54, 1.807) is 6.07 Å². The van der Waals surface area contributed by atoms with Crippen LogP contribution in [0.4, 0.5) is 0 Å². The molecule has 0 spiro atoms. The summed E-state index contributed by atoms with van der Waals surface area (Å²) >= 11 is 5.92. The molecule has 0 amide bonds. The minimum atomic E-state index is 0.216. The van der Waals surface area contributed by atoms with Gasteiger partial charge in [0.15, 0.2) is 5.78 Å². The number of carbonyl (C=O) groups excluding carboxylic acids is 1. The van der Waals surface area contributed by atoms with Crippen molar-refractivity contribution in [3.8, 4) is 0 Å². The minimum absolute atomic E-state index is 0.216. The SMILES string of the molecule is Cc1cc(Cl)ccc1C(=O)CC1Cc2ccccc21. The van der Waals surface area contributed by atoms with E-state index in [-0.39, 0.29) is 5.78 Å². The van der Waals surface area contributed by atoms with Crippen LogP contribution in [0.25, 0.3) is 0 Å². The number of aryl methyl sites for hydroxylation is 1. The molecular weight excluding hydrogens is 256 g/mol. The summed E-state index contributed by atoms with van der Waals surface area (Å²) in [6.45, 7) is 1.94. The number of carbonyl (C=O) groups is 1. The molecule has 1 nitrogen and oxygen atoms in total. The summed E-state index contributed by atoms with van der Waals surface area (Å²) in [7, 11) is 0. The van der Waals surface area contributed by atoms with E-state index in [9.17, 15) is 4.79 Å². The minimum Gasteiger partial charge on any atom is -0.294 e. The highest BCUT2D eigenvalue weighted by Gasteiger charge is 2.28. The normalized spacial score (nSPS) is 16.6. The van der Waals surface area contributed by atoms with E-state index in [1.165, 1.54) is 11.1 Å². The lowest BCUT2D eigenvalue weighted by Gasteiger charge is -2.29. The van der Waals surface area contributed by atoms with E-state index in [0.29, 0.717) is 17.4 Å². The summed E-state index contributed by atoms with van der Waals surface area (Å²) in [6.07, 6.45) is 1.62. The maximum absolute atomic E-state index is 12.3. The Morgan fingerprint density at radius 1 is 1.26 bits per heavy atom. The van der Waals surface area contributed by atoms with Gasteiger partial charge in [0.1, 0.15) is 0 Å². The number of halogens is 1. The molecule has 2 heteroatoms. The number of hydrogen-bond acceptors (Lipinski definition) is 1. The van der Waals surface area contributed by atoms with Gasteiger partial charge in [-0.3, -0.25) is 4.79 Å². The van der Waals surface area contributed by atoms with E-state index < -0.39 is 0 Å². The Bertz CT molecular complexity index is 645. The molecular formula is C17H15ClO. The van der Waals surface area contributed by atoms with Gasteiger partial charge in [-0.05, 0) is 54.2 Å². The van der Waals surface area contributed by atoms with Crippen molar-refractivity contribution in [1.82, 2.24) is 0 Å². The largest absolute Gasteiger partial charge is 0.294 e. The van der Waals surface area contributed by atoms with Crippen LogP contribution in [0.3, 0.4) is 0 Å². The molecule has 0 saturated carbocycles. The summed E-state index contributed by atoms with van der Waals surface area (Å²) in [6, 6.07) is 13.9. The zero-order chi connectivity index (χ0) is 13.4. The van der Waals surface area contributed by atoms with Crippen LogP contribution in [0, 0.1) is 6.92 Å². The summed E-state index contributed by atoms with van der Waals surface area (Å²) < 4.78 is 0. The van der Waals surface area contributed by atoms with Crippen molar-refractivity contribution in [3.05, 3.63) is 69.7 Å². The van der Waals surface area contributed by atoms with E-state index in [0.717, 1.165) is 17.5 Å². The Morgan fingerprint density at radius 3 is 2.79 bits per heavy atom. The van der Waals surface area contributed by atoms with Crippen LogP contribution >= 0.6 is 11.6 Å². The maximum Gasteiger partial charge on any atom is 0.163 e. The van der Waals surface area contributed by atoms with Crippen molar-refractivity contribution in [2.24, 2.45) is 0 Å². The highest BCUT2D eigenvalue weighted by molar-refractivity contribution is 6.30. The molecule has 0 aromatic heterocycles. The Balaban J connectivity index is 1.77. The highest BCUT2D eigenvalue weighted by Crippen LogP contribution is 2.38. The fourth-order valence-corrected chi connectivity index (χ4v) is 3.05. The van der Waals surface area contributed by atoms with Gasteiger partial charge in [-0.1, -0.05) is 35.9 Å². The lowest BCUT2D eigenvalue weighted by Crippen LogP contribution is -2.20. The molecule has 19 heavy (non-hydrogen) atoms. The summed E-state index contributed by atoms with van der Waals surface area (Å²) in [4.78, 5) is 12.3. The van der Waals surface area contributed by atoms with Gasteiger partial charge >= 0.3 is 0 Å². The first-order valence-corrected chi connectivity index (χ1v) is 6.90. The summed E-state index contributed by atoms with van der Waals surface area (Å²) in [5.74, 6) is 0.604. The van der Waals surface area contributed by atoms with Gasteiger partial charge in [0.2, 0.25) is 0 Å². The second-order valence-corrected chi connectivity index (χ2v) is 5.62. The van der Waals surface area contributed by atoms with Crippen molar-refractivity contribution < 1.29 is 4.79 Å². The molecule has 1 aliphatic carbocycles. The number of ketones is 1. The Labute approximate surface area is 118 Å². The van der Waals surface area contributed by atoms with Crippen molar-refractivity contribution in [3.63, 3.8) is 0 Å². The third kappa shape index (κ3) is 2.31. The van der Waals surface area contributed by atoms with Gasteiger partial charge in [0.05, 0.1) is 0 Å². The number of hydrogen-bond donors (Lipinski definition) is 0. The number of benzene rings is 2. The van der Waals surface area contributed by atoms with Crippen LogP contribution < -0.4 is 0 Å². The third-order valence-corrected chi connectivity index (χ3v) is 4.12. The predicted molar refractivity (Wildman–Crippen MR) is 78.0 cm³/mol. The molecule has 1 atom stereocenters. The Kier molecular flexibility index (Phi) is 3.16. The molecule has 2 aromatic rings. The topological polar surface area (TPSA) is 17.1 Å². The van der Waals surface area contributed by atoms with Gasteiger partial charge in [0.25, 0.3) is 0 Å². The van der Waals surface area contributed by atoms with E-state index in [2.05, 4.69) is 18.2 Å². The average Bonchev–Trinajstić information content (AvgIpc) is 2.35. The van der Waals surface area contributed by atoms with Crippen molar-refractivity contribution >= 4 is 17.4 Å². The zero-order valence-corrected chi connectivity index (χ0v) is 11.6. The fourth-order valence-electron chi connectivity index (χ4n) is 2.82. The Morgan fingerprint density at radius 2 is 2.05 bits per heavy atom. The van der Waals surface area contributed by atoms with Crippen LogP contribution in [0.15, 0.2) is 42.5 Å². The molecule has 0 N–H and O–H groups in total. The van der Waals surface area contributed by atoms with Gasteiger partial charge < -0.3 is 0 Å². The molecule has 3 rings (SSSR count). The molecule has 1 aliphatic rings. The monoisotopic (exact) mass is 270 g/mol. The fraction of sp³-hybridized carbons (Fsp3) is 0.235. The molecule has 96 valence electrons. The van der Waals surface area contributed by atoms with Gasteiger partial charge in [0, 0.05) is 17.0 Å². The molecule has 0 fully saturated rings. The summed E-state index contributed by atoms with van der Waals surface area (Å²) in [5.41, 5.74) is 4.48. The van der Waals surface area contributed by atoms with Crippen LogP contribution in [0.1, 0.15) is 39.4 Å². The highest BCUT2D eigenvalue weighted by atomic mass is 35.5. The molecule has 0 saturated heterocycles. The lowest BCUT2D eigenvalue weighted by molar-refractivity contribution is 0.0970. The number of Topliss-reactive ketones (excluding diaryl/α,β-unsaturated/α-hetero) is 1. The van der Waals surface area contributed by atoms with E-state index >= 15 is 0 Å². The molecule has 0 aliphatic heterocycles. The van der Waals surface area contributed by atoms with Crippen molar-refractivity contribution in [2.75, 3.05) is 0 Å². The van der Waals surface area contributed by atoms with E-state index in [1.807, 2.05) is 25.1 Å². The van der Waals surface area contributed by atoms with Crippen molar-refractivity contribution in [2.45, 2.75) is 25.7 Å². The first kappa shape index (κ1) is 12.4. The smallest absolute Gasteiger partial charge is 0.163 e. The quantitative estimate of drug-likeness (QED) is 0.747. The zero-order valence-electron chi connectivity index (χ0n) is 10.8. The van der Waals surface area contributed by atoms with Gasteiger partial charge in [-0.25, -0.2) is 0 Å². The molecule has 2 aromatic carbocycles. The van der Waals surface area contributed by atoms with Crippen LogP contribution in [0.2, 0.25) is 5.02 Å². The number of rotatable bonds is 3. The Hall–Kier alpha value is -1.60. The lowest BCUT2D eigenvalue weighted by atomic mass is 9.74. The van der Waals surface area contributed by atoms with Crippen LogP contribution in [-0.2, 0) is 6.42 Å². The first-order chi connectivity index (χ1) is 9.15. The summed E-state index contributed by atoms with van der Waals surface area (Å²) in [5, 5.41) is 0.683. The second-order valence-electron chi connectivity index (χ2n) is 5.19. The van der Waals surface area contributed by atoms with Gasteiger partial charge in [-0.15, -0.1) is 0 Å². The maximum atomic E-state index is 12.3. The van der Waals surface area contributed by atoms with Crippen LogP contribution in [0.5, 0.6) is 0 Å². The molecule has 1 unspecified atom stereocenters. The predicted octanol–water partition coefficient (Wildman–Crippen LogP) is 4.56. The number of fused-ring (bicyclic) bond motifs is 1. The molecule has 0 bridgehead atoms. The molecule has 0 radical (unpaired) electrons. The average molecular weight is 271 g/mol. The standard InChI is InChI=1S/C17H15ClO/c1-11-8-14(18)6-7-15(11)17(19)10-13-9-12-4-2-3-5-16(12)13/h2-8,13H,9-10H2,1H3. The van der Waals surface area contributed by atoms with Crippen LogP contribution in [-0.4, -0.2) is 5.78 Å². The third-order valence-electron chi connectivity index (χ3n) is 3.88. The first-order valence-electron chi connectivity index (χ1n) is 6.52. The van der Waals surface area contributed by atoms with Gasteiger partial charge in [-0.2, -0.15) is 0 Å². The van der Waals surface area contributed by atoms with E-state index in [4.69, 9.17) is 11.6 Å². The van der Waals surface area contributed by atoms with Crippen molar-refractivity contribution in [1.29, 1.82) is 0 Å².